The van der Waals surface area contributed by atoms with Crippen molar-refractivity contribution < 1.29 is 32.2 Å². The lowest BCUT2D eigenvalue weighted by Gasteiger charge is -2.11. The molecule has 9 nitrogen and oxygen atoms in total. The van der Waals surface area contributed by atoms with Crippen LogP contribution in [-0.4, -0.2) is 34.7 Å². The van der Waals surface area contributed by atoms with Crippen molar-refractivity contribution in [2.75, 3.05) is 23.1 Å². The number of ether oxygens (including phenoxy) is 2. The first-order chi connectivity index (χ1) is 17.2. The minimum atomic E-state index is -4.38. The molecule has 0 bridgehead atoms. The van der Waals surface area contributed by atoms with Gasteiger partial charge in [0.1, 0.15) is 11.5 Å². The van der Waals surface area contributed by atoms with Crippen LogP contribution in [0.2, 0.25) is 0 Å². The number of urea groups is 1. The number of aromatic nitrogens is 2. The fraction of sp³-hybridized carbons (Fsp3) is 0.0870. The Hall–Kier alpha value is -4.39. The van der Waals surface area contributed by atoms with Crippen LogP contribution in [0.3, 0.4) is 0 Å². The molecule has 186 valence electrons. The van der Waals surface area contributed by atoms with E-state index in [1.54, 1.807) is 42.5 Å². The zero-order valence-electron chi connectivity index (χ0n) is 18.5. The second-order valence-electron chi connectivity index (χ2n) is 7.16. The summed E-state index contributed by atoms with van der Waals surface area (Å²) >= 11 is -0.231. The number of benzene rings is 3. The van der Waals surface area contributed by atoms with Crippen LogP contribution in [0.4, 0.5) is 40.1 Å². The van der Waals surface area contributed by atoms with Crippen LogP contribution in [0.1, 0.15) is 0 Å². The fourth-order valence-electron chi connectivity index (χ4n) is 3.07. The van der Waals surface area contributed by atoms with Crippen LogP contribution in [0.15, 0.2) is 71.6 Å². The summed E-state index contributed by atoms with van der Waals surface area (Å²) in [7, 11) is 1.24. The van der Waals surface area contributed by atoms with Gasteiger partial charge >= 0.3 is 17.6 Å². The topological polar surface area (TPSA) is 117 Å². The van der Waals surface area contributed by atoms with E-state index in [2.05, 4.69) is 30.7 Å². The summed E-state index contributed by atoms with van der Waals surface area (Å²) in [6.07, 6.45) is -0.656. The Balaban J connectivity index is 1.37. The molecule has 0 aliphatic rings. The molecule has 0 radical (unpaired) electrons. The van der Waals surface area contributed by atoms with E-state index in [9.17, 15) is 22.8 Å². The molecule has 0 spiro atoms. The van der Waals surface area contributed by atoms with Crippen LogP contribution in [0, 0.1) is 0 Å². The highest BCUT2D eigenvalue weighted by molar-refractivity contribution is 8.00. The molecule has 0 aliphatic carbocycles. The van der Waals surface area contributed by atoms with E-state index in [1.165, 1.54) is 31.4 Å². The van der Waals surface area contributed by atoms with Crippen molar-refractivity contribution in [1.29, 1.82) is 0 Å². The lowest BCUT2D eigenvalue weighted by molar-refractivity contribution is -0.0328. The molecule has 36 heavy (non-hydrogen) atoms. The number of fused-ring (bicyclic) bond motifs is 1. The van der Waals surface area contributed by atoms with Crippen LogP contribution in [-0.2, 0) is 4.74 Å². The highest BCUT2D eigenvalue weighted by atomic mass is 32.2. The molecule has 0 saturated carbocycles. The Labute approximate surface area is 206 Å². The molecule has 4 N–H and O–H groups in total. The third kappa shape index (κ3) is 6.82. The third-order valence-corrected chi connectivity index (χ3v) is 5.27. The Morgan fingerprint density at radius 3 is 2.36 bits per heavy atom. The van der Waals surface area contributed by atoms with Gasteiger partial charge in [-0.3, -0.25) is 5.32 Å². The average Bonchev–Trinajstić information content (AvgIpc) is 3.21. The predicted octanol–water partition coefficient (Wildman–Crippen LogP) is 6.79. The number of carbonyl (C=O) groups is 2. The zero-order chi connectivity index (χ0) is 25.7. The second kappa shape index (κ2) is 10.5. The maximum absolute atomic E-state index is 12.4. The van der Waals surface area contributed by atoms with Crippen molar-refractivity contribution in [2.45, 2.75) is 10.4 Å². The Morgan fingerprint density at radius 2 is 1.64 bits per heavy atom. The number of rotatable bonds is 6. The van der Waals surface area contributed by atoms with Gasteiger partial charge in [-0.05, 0) is 60.3 Å². The van der Waals surface area contributed by atoms with Crippen molar-refractivity contribution in [1.82, 2.24) is 9.97 Å². The van der Waals surface area contributed by atoms with E-state index in [1.807, 2.05) is 0 Å². The number of nitrogens with zero attached hydrogens (tertiary/aromatic N) is 1. The van der Waals surface area contributed by atoms with Crippen molar-refractivity contribution in [2.24, 2.45) is 0 Å². The number of nitrogens with one attached hydrogen (secondary N) is 4. The number of alkyl halides is 3. The number of hydrogen-bond donors (Lipinski definition) is 4. The van der Waals surface area contributed by atoms with Crippen molar-refractivity contribution in [3.05, 3.63) is 66.7 Å². The summed E-state index contributed by atoms with van der Waals surface area (Å²) in [4.78, 5) is 30.8. The minimum Gasteiger partial charge on any atom is -0.457 e. The van der Waals surface area contributed by atoms with E-state index in [-0.39, 0.29) is 22.6 Å². The first-order valence-corrected chi connectivity index (χ1v) is 11.0. The van der Waals surface area contributed by atoms with E-state index < -0.39 is 17.6 Å². The Kier molecular flexibility index (Phi) is 7.20. The van der Waals surface area contributed by atoms with E-state index in [0.717, 1.165) is 0 Å². The summed E-state index contributed by atoms with van der Waals surface area (Å²) in [6.45, 7) is 0. The number of H-pyrrole nitrogens is 1. The van der Waals surface area contributed by atoms with Gasteiger partial charge < -0.3 is 25.1 Å². The van der Waals surface area contributed by atoms with Crippen molar-refractivity contribution >= 4 is 52.2 Å². The number of hydrogen-bond acceptors (Lipinski definition) is 6. The molecule has 3 amide bonds. The number of halogens is 3. The van der Waals surface area contributed by atoms with Crippen molar-refractivity contribution in [3.8, 4) is 11.5 Å². The predicted molar refractivity (Wildman–Crippen MR) is 130 cm³/mol. The SMILES string of the molecule is COC(=O)Nc1nc2ccc(Oc3cccc(NC(=O)Nc4ccc(SC(F)(F)F)cc4)c3)cc2[nH]1. The van der Waals surface area contributed by atoms with Crippen molar-refractivity contribution in [3.63, 3.8) is 0 Å². The maximum Gasteiger partial charge on any atom is 0.446 e. The molecular formula is C23H18F3N5O4S. The van der Waals surface area contributed by atoms with E-state index in [4.69, 9.17) is 4.74 Å². The van der Waals surface area contributed by atoms with Gasteiger partial charge in [-0.15, -0.1) is 0 Å². The van der Waals surface area contributed by atoms with Gasteiger partial charge in [-0.1, -0.05) is 6.07 Å². The highest BCUT2D eigenvalue weighted by Crippen LogP contribution is 2.37. The molecule has 0 atom stereocenters. The first kappa shape index (κ1) is 24.7. The molecule has 1 heterocycles. The third-order valence-electron chi connectivity index (χ3n) is 4.53. The Bertz CT molecular complexity index is 1390. The number of methoxy groups -OCH3 is 1. The van der Waals surface area contributed by atoms with Crippen LogP contribution in [0.5, 0.6) is 11.5 Å². The summed E-state index contributed by atoms with van der Waals surface area (Å²) in [5.41, 5.74) is -2.39. The van der Waals surface area contributed by atoms with Gasteiger partial charge in [0.05, 0.1) is 18.1 Å². The van der Waals surface area contributed by atoms with Crippen LogP contribution < -0.4 is 20.7 Å². The maximum atomic E-state index is 12.4. The highest BCUT2D eigenvalue weighted by Gasteiger charge is 2.29. The van der Waals surface area contributed by atoms with Gasteiger partial charge in [-0.25, -0.2) is 14.6 Å². The van der Waals surface area contributed by atoms with E-state index >= 15 is 0 Å². The number of anilines is 3. The monoisotopic (exact) mass is 517 g/mol. The van der Waals surface area contributed by atoms with Crippen LogP contribution >= 0.6 is 11.8 Å². The lowest BCUT2D eigenvalue weighted by Crippen LogP contribution is -2.19. The smallest absolute Gasteiger partial charge is 0.446 e. The van der Waals surface area contributed by atoms with Gasteiger partial charge in [0.15, 0.2) is 0 Å². The fourth-order valence-corrected chi connectivity index (χ4v) is 3.61. The van der Waals surface area contributed by atoms with Gasteiger partial charge in [-0.2, -0.15) is 13.2 Å². The molecule has 4 aromatic rings. The molecule has 13 heteroatoms. The first-order valence-electron chi connectivity index (χ1n) is 10.2. The van der Waals surface area contributed by atoms with Crippen LogP contribution in [0.25, 0.3) is 11.0 Å². The number of aromatic amines is 1. The molecule has 0 aliphatic heterocycles. The summed E-state index contributed by atoms with van der Waals surface area (Å²) in [5.74, 6) is 1.14. The number of carbonyl (C=O) groups excluding carboxylic acids is 2. The van der Waals surface area contributed by atoms with Gasteiger partial charge in [0.25, 0.3) is 0 Å². The number of imidazole rings is 1. The van der Waals surface area contributed by atoms with E-state index in [0.29, 0.717) is 33.9 Å². The van der Waals surface area contributed by atoms with Gasteiger partial charge in [0.2, 0.25) is 5.95 Å². The summed E-state index contributed by atoms with van der Waals surface area (Å²) < 4.78 is 47.7. The quantitative estimate of drug-likeness (QED) is 0.209. The molecule has 1 aromatic heterocycles. The molecule has 0 fully saturated rings. The Morgan fingerprint density at radius 1 is 0.917 bits per heavy atom. The number of thioether (sulfide) groups is 1. The number of amides is 3. The normalized spacial score (nSPS) is 11.1. The minimum absolute atomic E-state index is 0.0163. The lowest BCUT2D eigenvalue weighted by atomic mass is 10.3. The second-order valence-corrected chi connectivity index (χ2v) is 8.30. The summed E-state index contributed by atoms with van der Waals surface area (Å²) in [5, 5.41) is 7.64. The molecule has 0 unspecified atom stereocenters. The zero-order valence-corrected chi connectivity index (χ0v) is 19.3. The molecule has 3 aromatic carbocycles. The largest absolute Gasteiger partial charge is 0.457 e. The molecule has 0 saturated heterocycles. The molecule has 4 rings (SSSR count). The van der Waals surface area contributed by atoms with Gasteiger partial charge in [0, 0.05) is 28.4 Å². The average molecular weight is 517 g/mol. The molecular weight excluding hydrogens is 499 g/mol. The summed E-state index contributed by atoms with van der Waals surface area (Å²) in [6, 6.07) is 16.4. The standard InChI is InChI=1S/C23H18F3N5O4S/c1-34-22(33)31-20-29-18-10-7-16(12-19(18)30-20)35-15-4-2-3-14(11-15)28-21(32)27-13-5-8-17(9-6-13)36-23(24,25)26/h2-12H,1H3,(H2,27,28,32)(H2,29,30,31,33).